The Morgan fingerprint density at radius 3 is 2.59 bits per heavy atom. The summed E-state index contributed by atoms with van der Waals surface area (Å²) in [7, 11) is 4.81. The number of nitrogens with zero attached hydrogens (tertiary/aromatic N) is 2. The topological polar surface area (TPSA) is 96.9 Å². The minimum atomic E-state index is -0.400. The highest BCUT2D eigenvalue weighted by Crippen LogP contribution is 2.46. The number of H-pyrrole nitrogens is 1. The molecule has 0 saturated carbocycles. The predicted octanol–water partition coefficient (Wildman–Crippen LogP) is 3.69. The molecule has 0 fully saturated rings. The molecule has 1 aliphatic rings. The van der Waals surface area contributed by atoms with E-state index in [4.69, 9.17) is 14.2 Å². The van der Waals surface area contributed by atoms with Crippen molar-refractivity contribution in [3.05, 3.63) is 58.8 Å². The van der Waals surface area contributed by atoms with E-state index in [-0.39, 0.29) is 11.7 Å². The Labute approximate surface area is 186 Å². The van der Waals surface area contributed by atoms with E-state index in [9.17, 15) is 9.90 Å². The van der Waals surface area contributed by atoms with Crippen molar-refractivity contribution in [3.8, 4) is 28.5 Å². The number of carbonyl (C=O) groups excluding carboxylic acids is 1. The predicted molar refractivity (Wildman–Crippen MR) is 119 cm³/mol. The van der Waals surface area contributed by atoms with Crippen LogP contribution in [0.3, 0.4) is 0 Å². The van der Waals surface area contributed by atoms with Crippen molar-refractivity contribution in [2.75, 3.05) is 34.5 Å². The van der Waals surface area contributed by atoms with Crippen molar-refractivity contribution < 1.29 is 24.1 Å². The number of aromatic amines is 1. The van der Waals surface area contributed by atoms with Crippen LogP contribution in [0, 0.1) is 6.92 Å². The molecule has 2 N–H and O–H groups in total. The average molecular weight is 437 g/mol. The maximum absolute atomic E-state index is 13.3. The lowest BCUT2D eigenvalue weighted by atomic mass is 9.94. The minimum absolute atomic E-state index is 0.112. The number of benzene rings is 2. The van der Waals surface area contributed by atoms with Crippen LogP contribution in [-0.4, -0.2) is 60.6 Å². The fourth-order valence-electron chi connectivity index (χ4n) is 4.22. The normalized spacial score (nSPS) is 15.2. The smallest absolute Gasteiger partial charge is 0.273 e. The van der Waals surface area contributed by atoms with Gasteiger partial charge in [-0.05, 0) is 43.2 Å². The van der Waals surface area contributed by atoms with Crippen molar-refractivity contribution in [2.45, 2.75) is 19.4 Å². The Morgan fingerprint density at radius 2 is 1.88 bits per heavy atom. The lowest BCUT2D eigenvalue weighted by molar-refractivity contribution is 0.0723. The zero-order chi connectivity index (χ0) is 22.8. The van der Waals surface area contributed by atoms with Gasteiger partial charge in [-0.1, -0.05) is 17.7 Å². The fourth-order valence-corrected chi connectivity index (χ4v) is 4.22. The van der Waals surface area contributed by atoms with Crippen LogP contribution in [0.4, 0.5) is 0 Å². The standard InChI is InChI=1S/C24H27N3O5/c1-14-6-8-17(28)16(12-14)21-20-22(26-25-21)24(29)27(10-5-11-30-2)23(20)15-7-9-18(31-3)19(13-15)32-4/h6-9,12-13,23,28H,5,10-11H2,1-4H3,(H,25,26). The van der Waals surface area contributed by atoms with E-state index in [0.29, 0.717) is 48.0 Å². The van der Waals surface area contributed by atoms with Gasteiger partial charge in [-0.3, -0.25) is 9.89 Å². The molecule has 1 atom stereocenters. The van der Waals surface area contributed by atoms with Crippen molar-refractivity contribution in [1.29, 1.82) is 0 Å². The van der Waals surface area contributed by atoms with E-state index in [1.807, 2.05) is 37.3 Å². The maximum Gasteiger partial charge on any atom is 0.273 e. The molecule has 1 aromatic heterocycles. The summed E-state index contributed by atoms with van der Waals surface area (Å²) in [6.45, 7) is 3.00. The van der Waals surface area contributed by atoms with E-state index < -0.39 is 6.04 Å². The third-order valence-corrected chi connectivity index (χ3v) is 5.74. The zero-order valence-corrected chi connectivity index (χ0v) is 18.6. The molecular formula is C24H27N3O5. The number of methoxy groups -OCH3 is 3. The number of carbonyl (C=O) groups is 1. The number of aromatic nitrogens is 2. The number of rotatable bonds is 8. The first-order valence-corrected chi connectivity index (χ1v) is 10.4. The number of nitrogens with one attached hydrogen (secondary N) is 1. The molecule has 8 heteroatoms. The first-order valence-electron chi connectivity index (χ1n) is 10.4. The molecule has 4 rings (SSSR count). The second-order valence-corrected chi connectivity index (χ2v) is 7.74. The van der Waals surface area contributed by atoms with Gasteiger partial charge in [-0.15, -0.1) is 0 Å². The molecule has 1 amide bonds. The van der Waals surface area contributed by atoms with Crippen LogP contribution in [0.5, 0.6) is 17.2 Å². The second-order valence-electron chi connectivity index (χ2n) is 7.74. The number of aromatic hydroxyl groups is 1. The zero-order valence-electron chi connectivity index (χ0n) is 18.6. The third kappa shape index (κ3) is 3.67. The molecule has 0 radical (unpaired) electrons. The lowest BCUT2D eigenvalue weighted by Gasteiger charge is -2.27. The Balaban J connectivity index is 1.87. The van der Waals surface area contributed by atoms with Gasteiger partial charge < -0.3 is 24.2 Å². The summed E-state index contributed by atoms with van der Waals surface area (Å²) in [6, 6.07) is 10.6. The van der Waals surface area contributed by atoms with Gasteiger partial charge in [0.05, 0.1) is 20.3 Å². The van der Waals surface area contributed by atoms with Crippen LogP contribution in [-0.2, 0) is 4.74 Å². The summed E-state index contributed by atoms with van der Waals surface area (Å²) < 4.78 is 16.1. The first kappa shape index (κ1) is 21.7. The molecule has 0 saturated heterocycles. The van der Waals surface area contributed by atoms with E-state index in [0.717, 1.165) is 16.7 Å². The lowest BCUT2D eigenvalue weighted by Crippen LogP contribution is -2.31. The number of phenolic OH excluding ortho intramolecular Hbond substituents is 1. The molecule has 2 aromatic carbocycles. The number of hydrogen-bond donors (Lipinski definition) is 2. The quantitative estimate of drug-likeness (QED) is 0.522. The van der Waals surface area contributed by atoms with Gasteiger partial charge in [0, 0.05) is 31.4 Å². The van der Waals surface area contributed by atoms with Gasteiger partial charge in [-0.2, -0.15) is 5.10 Å². The molecule has 2 heterocycles. The Bertz CT molecular complexity index is 1140. The fraction of sp³-hybridized carbons (Fsp3) is 0.333. The van der Waals surface area contributed by atoms with Gasteiger partial charge >= 0.3 is 0 Å². The number of ether oxygens (including phenoxy) is 3. The Hall–Kier alpha value is -3.52. The summed E-state index contributed by atoms with van der Waals surface area (Å²) in [5.41, 5.74) is 4.15. The van der Waals surface area contributed by atoms with Crippen LogP contribution in [0.15, 0.2) is 36.4 Å². The number of hydrogen-bond acceptors (Lipinski definition) is 6. The minimum Gasteiger partial charge on any atom is -0.507 e. The molecule has 168 valence electrons. The number of amides is 1. The highest BCUT2D eigenvalue weighted by Gasteiger charge is 2.42. The van der Waals surface area contributed by atoms with Gasteiger partial charge in [-0.25, -0.2) is 0 Å². The molecule has 0 spiro atoms. The summed E-state index contributed by atoms with van der Waals surface area (Å²) in [5.74, 6) is 1.16. The number of fused-ring (bicyclic) bond motifs is 1. The second kappa shape index (κ2) is 8.92. The van der Waals surface area contributed by atoms with E-state index >= 15 is 0 Å². The van der Waals surface area contributed by atoms with Crippen molar-refractivity contribution in [2.24, 2.45) is 0 Å². The van der Waals surface area contributed by atoms with E-state index in [2.05, 4.69) is 10.2 Å². The van der Waals surface area contributed by atoms with Crippen LogP contribution in [0.1, 0.15) is 39.6 Å². The number of phenols is 1. The Morgan fingerprint density at radius 1 is 1.09 bits per heavy atom. The summed E-state index contributed by atoms with van der Waals surface area (Å²) in [6.07, 6.45) is 0.689. The molecule has 0 bridgehead atoms. The van der Waals surface area contributed by atoms with Gasteiger partial charge in [0.2, 0.25) is 0 Å². The largest absolute Gasteiger partial charge is 0.507 e. The van der Waals surface area contributed by atoms with Gasteiger partial charge in [0.15, 0.2) is 11.5 Å². The molecule has 8 nitrogen and oxygen atoms in total. The summed E-state index contributed by atoms with van der Waals surface area (Å²) >= 11 is 0. The van der Waals surface area contributed by atoms with Crippen molar-refractivity contribution in [1.82, 2.24) is 15.1 Å². The average Bonchev–Trinajstić information content (AvgIpc) is 3.34. The Kier molecular flexibility index (Phi) is 6.05. The van der Waals surface area contributed by atoms with Crippen LogP contribution < -0.4 is 9.47 Å². The van der Waals surface area contributed by atoms with E-state index in [1.165, 1.54) is 0 Å². The monoisotopic (exact) mass is 437 g/mol. The highest BCUT2D eigenvalue weighted by molar-refractivity contribution is 6.00. The maximum atomic E-state index is 13.3. The first-order chi connectivity index (χ1) is 15.5. The van der Waals surface area contributed by atoms with Gasteiger partial charge in [0.25, 0.3) is 5.91 Å². The molecule has 0 aliphatic carbocycles. The van der Waals surface area contributed by atoms with Crippen molar-refractivity contribution >= 4 is 5.91 Å². The number of aryl methyl sites for hydroxylation is 1. The van der Waals surface area contributed by atoms with Crippen LogP contribution in [0.2, 0.25) is 0 Å². The van der Waals surface area contributed by atoms with Crippen LogP contribution >= 0.6 is 0 Å². The SMILES string of the molecule is COCCCN1C(=O)c2[nH]nc(-c3cc(C)ccc3O)c2C1c1ccc(OC)c(OC)c1. The van der Waals surface area contributed by atoms with Gasteiger partial charge in [0.1, 0.15) is 17.1 Å². The molecular weight excluding hydrogens is 410 g/mol. The molecule has 3 aromatic rings. The third-order valence-electron chi connectivity index (χ3n) is 5.74. The highest BCUT2D eigenvalue weighted by atomic mass is 16.5. The molecule has 1 unspecified atom stereocenters. The molecule has 1 aliphatic heterocycles. The van der Waals surface area contributed by atoms with Crippen LogP contribution in [0.25, 0.3) is 11.3 Å². The molecule has 32 heavy (non-hydrogen) atoms. The van der Waals surface area contributed by atoms with E-state index in [1.54, 1.807) is 32.3 Å². The summed E-state index contributed by atoms with van der Waals surface area (Å²) in [5, 5.41) is 17.9. The van der Waals surface area contributed by atoms with Crippen molar-refractivity contribution in [3.63, 3.8) is 0 Å². The summed E-state index contributed by atoms with van der Waals surface area (Å²) in [4.78, 5) is 15.1.